The number of alkyl halides is 5. The Morgan fingerprint density at radius 1 is 1.06 bits per heavy atom. The molecule has 4 nitrogen and oxygen atoms in total. The van der Waals surface area contributed by atoms with Crippen LogP contribution in [0.2, 0.25) is 0 Å². The molecular formula is C8H12F5O4P. The van der Waals surface area contributed by atoms with Gasteiger partial charge in [-0.1, -0.05) is 0 Å². The lowest BCUT2D eigenvalue weighted by molar-refractivity contribution is -0.267. The number of rotatable bonds is 7. The Labute approximate surface area is 100.0 Å². The van der Waals surface area contributed by atoms with Gasteiger partial charge in [0.1, 0.15) is 6.16 Å². The van der Waals surface area contributed by atoms with E-state index in [0.717, 1.165) is 0 Å². The van der Waals surface area contributed by atoms with Gasteiger partial charge in [0, 0.05) is 0 Å². The van der Waals surface area contributed by atoms with Crippen molar-refractivity contribution in [1.82, 2.24) is 0 Å². The van der Waals surface area contributed by atoms with Crippen molar-refractivity contribution < 1.29 is 40.4 Å². The summed E-state index contributed by atoms with van der Waals surface area (Å²) in [6.45, 7) is 2.17. The smallest absolute Gasteiger partial charge is 0.309 e. The number of halogens is 5. The summed E-state index contributed by atoms with van der Waals surface area (Å²) in [5, 5.41) is 0. The van der Waals surface area contributed by atoms with Gasteiger partial charge in [-0.3, -0.25) is 9.36 Å². The van der Waals surface area contributed by atoms with Gasteiger partial charge in [0.25, 0.3) is 0 Å². The molecule has 0 amide bonds. The maximum Gasteiger partial charge on any atom is 0.461 e. The number of ketones is 1. The molecule has 0 aliphatic carbocycles. The van der Waals surface area contributed by atoms with Crippen molar-refractivity contribution in [1.29, 1.82) is 0 Å². The fourth-order valence-electron chi connectivity index (χ4n) is 0.955. The SMILES string of the molecule is CCOP(=O)(CC(=O)C(F)(F)C(F)(F)F)OCC. The molecule has 0 rings (SSSR count). The van der Waals surface area contributed by atoms with Crippen LogP contribution >= 0.6 is 7.60 Å². The van der Waals surface area contributed by atoms with Crippen molar-refractivity contribution in [2.45, 2.75) is 25.9 Å². The molecule has 0 aliphatic heterocycles. The topological polar surface area (TPSA) is 52.6 Å². The van der Waals surface area contributed by atoms with Crippen molar-refractivity contribution in [2.75, 3.05) is 19.4 Å². The van der Waals surface area contributed by atoms with Crippen LogP contribution < -0.4 is 0 Å². The lowest BCUT2D eigenvalue weighted by atomic mass is 10.2. The maximum atomic E-state index is 12.6. The van der Waals surface area contributed by atoms with Crippen molar-refractivity contribution >= 4 is 13.4 Å². The summed E-state index contributed by atoms with van der Waals surface area (Å²) in [7, 11) is -4.27. The van der Waals surface area contributed by atoms with Crippen LogP contribution in [0.3, 0.4) is 0 Å². The lowest BCUT2D eigenvalue weighted by Gasteiger charge is -2.21. The Bertz CT molecular complexity index is 331. The summed E-state index contributed by atoms with van der Waals surface area (Å²) in [5.74, 6) is -8.11. The molecule has 0 aromatic heterocycles. The molecule has 0 N–H and O–H groups in total. The first-order valence-corrected chi connectivity index (χ1v) is 6.59. The highest BCUT2D eigenvalue weighted by molar-refractivity contribution is 7.54. The normalized spacial score (nSPS) is 13.7. The molecule has 0 aromatic carbocycles. The third-order valence-electron chi connectivity index (χ3n) is 1.70. The molecular weight excluding hydrogens is 286 g/mol. The van der Waals surface area contributed by atoms with E-state index in [1.54, 1.807) is 0 Å². The van der Waals surface area contributed by atoms with Crippen molar-refractivity contribution in [3.05, 3.63) is 0 Å². The second-order valence-electron chi connectivity index (χ2n) is 3.10. The number of Topliss-reactive ketones (excluding diaryl/α,β-unsaturated/α-hetero) is 1. The molecule has 0 aliphatic rings. The molecule has 0 saturated heterocycles. The van der Waals surface area contributed by atoms with Crippen LogP contribution in [-0.4, -0.2) is 37.3 Å². The van der Waals surface area contributed by atoms with Crippen molar-refractivity contribution in [3.8, 4) is 0 Å². The van der Waals surface area contributed by atoms with Gasteiger partial charge in [0.15, 0.2) is 0 Å². The summed E-state index contributed by atoms with van der Waals surface area (Å²) in [5.41, 5.74) is 0. The number of hydrogen-bond donors (Lipinski definition) is 0. The molecule has 0 saturated carbocycles. The summed E-state index contributed by atoms with van der Waals surface area (Å²) in [6.07, 6.45) is -7.66. The third-order valence-corrected chi connectivity index (χ3v) is 3.67. The Morgan fingerprint density at radius 3 is 1.72 bits per heavy atom. The van der Waals surface area contributed by atoms with Crippen LogP contribution in [0.15, 0.2) is 0 Å². The van der Waals surface area contributed by atoms with Gasteiger partial charge in [-0.15, -0.1) is 0 Å². The predicted molar refractivity (Wildman–Crippen MR) is 51.7 cm³/mol. The monoisotopic (exact) mass is 298 g/mol. The molecule has 0 spiro atoms. The molecule has 0 bridgehead atoms. The summed E-state index contributed by atoms with van der Waals surface area (Å²) >= 11 is 0. The number of carbonyl (C=O) groups excluding carboxylic acids is 1. The second kappa shape index (κ2) is 6.08. The molecule has 0 unspecified atom stereocenters. The van der Waals surface area contributed by atoms with E-state index in [1.807, 2.05) is 0 Å². The summed E-state index contributed by atoms with van der Waals surface area (Å²) < 4.78 is 81.5. The Hall–Kier alpha value is -0.530. The molecule has 0 aromatic rings. The zero-order valence-electron chi connectivity index (χ0n) is 9.59. The van der Waals surface area contributed by atoms with Crippen LogP contribution in [0, 0.1) is 0 Å². The van der Waals surface area contributed by atoms with Gasteiger partial charge >= 0.3 is 19.7 Å². The van der Waals surface area contributed by atoms with Crippen molar-refractivity contribution in [3.63, 3.8) is 0 Å². The first-order valence-electron chi connectivity index (χ1n) is 4.86. The van der Waals surface area contributed by atoms with Gasteiger partial charge in [-0.05, 0) is 13.8 Å². The highest BCUT2D eigenvalue weighted by atomic mass is 31.2. The van der Waals surface area contributed by atoms with Crippen LogP contribution in [0.5, 0.6) is 0 Å². The molecule has 10 heteroatoms. The minimum atomic E-state index is -6.03. The number of carbonyl (C=O) groups is 1. The van der Waals surface area contributed by atoms with E-state index >= 15 is 0 Å². The molecule has 108 valence electrons. The molecule has 18 heavy (non-hydrogen) atoms. The fraction of sp³-hybridized carbons (Fsp3) is 0.875. The zero-order valence-corrected chi connectivity index (χ0v) is 10.5. The van der Waals surface area contributed by atoms with E-state index in [0.29, 0.717) is 0 Å². The molecule has 0 radical (unpaired) electrons. The zero-order chi connectivity index (χ0) is 14.6. The van der Waals surface area contributed by atoms with E-state index < -0.39 is 31.6 Å². The van der Waals surface area contributed by atoms with Gasteiger partial charge in [0.05, 0.1) is 13.2 Å². The van der Waals surface area contributed by atoms with Gasteiger partial charge in [-0.25, -0.2) is 0 Å². The maximum absolute atomic E-state index is 12.6. The summed E-state index contributed by atoms with van der Waals surface area (Å²) in [4.78, 5) is 10.9. The van der Waals surface area contributed by atoms with E-state index in [9.17, 15) is 31.3 Å². The van der Waals surface area contributed by atoms with Gasteiger partial charge in [-0.2, -0.15) is 22.0 Å². The third kappa shape index (κ3) is 4.29. The van der Waals surface area contributed by atoms with Gasteiger partial charge in [0.2, 0.25) is 5.78 Å². The van der Waals surface area contributed by atoms with E-state index in [-0.39, 0.29) is 13.2 Å². The highest BCUT2D eigenvalue weighted by Crippen LogP contribution is 2.50. The lowest BCUT2D eigenvalue weighted by Crippen LogP contribution is -2.45. The fourth-order valence-corrected chi connectivity index (χ4v) is 2.55. The van der Waals surface area contributed by atoms with Crippen LogP contribution in [0.4, 0.5) is 22.0 Å². The minimum Gasteiger partial charge on any atom is -0.309 e. The quantitative estimate of drug-likeness (QED) is 0.535. The summed E-state index contributed by atoms with van der Waals surface area (Å²) in [6, 6.07) is 0. The Morgan fingerprint density at radius 2 is 1.44 bits per heavy atom. The van der Waals surface area contributed by atoms with Crippen molar-refractivity contribution in [2.24, 2.45) is 0 Å². The Balaban J connectivity index is 4.97. The van der Waals surface area contributed by atoms with Crippen LogP contribution in [0.1, 0.15) is 13.8 Å². The predicted octanol–water partition coefficient (Wildman–Crippen LogP) is 3.02. The largest absolute Gasteiger partial charge is 0.461 e. The van der Waals surface area contributed by atoms with Crippen LogP contribution in [0.25, 0.3) is 0 Å². The molecule has 0 heterocycles. The van der Waals surface area contributed by atoms with Gasteiger partial charge < -0.3 is 9.05 Å². The van der Waals surface area contributed by atoms with E-state index in [1.165, 1.54) is 13.8 Å². The van der Waals surface area contributed by atoms with Crippen LogP contribution in [-0.2, 0) is 18.4 Å². The highest BCUT2D eigenvalue weighted by Gasteiger charge is 2.63. The first-order chi connectivity index (χ1) is 8.00. The second-order valence-corrected chi connectivity index (χ2v) is 5.15. The van der Waals surface area contributed by atoms with E-state index in [2.05, 4.69) is 9.05 Å². The Kier molecular flexibility index (Phi) is 5.90. The number of hydrogen-bond acceptors (Lipinski definition) is 4. The first kappa shape index (κ1) is 17.5. The minimum absolute atomic E-state index is 0.248. The average molecular weight is 298 g/mol. The molecule has 0 fully saturated rings. The molecule has 0 atom stereocenters. The average Bonchev–Trinajstić information content (AvgIpc) is 2.15. The van der Waals surface area contributed by atoms with E-state index in [4.69, 9.17) is 0 Å². The standard InChI is InChI=1S/C8H12F5O4P/c1-3-16-18(15,17-4-2)5-6(14)7(9,10)8(11,12)13/h3-5H2,1-2H3.